The summed E-state index contributed by atoms with van der Waals surface area (Å²) in [5.41, 5.74) is 6.22. The molecule has 7 heteroatoms. The fourth-order valence-electron chi connectivity index (χ4n) is 1.13. The fourth-order valence-corrected chi connectivity index (χ4v) is 1.64. The number of hydrogen-bond donors (Lipinski definition) is 2. The van der Waals surface area contributed by atoms with Crippen LogP contribution in [0.5, 0.6) is 0 Å². The fraction of sp³-hybridized carbons (Fsp3) is 0.182. The van der Waals surface area contributed by atoms with Gasteiger partial charge in [-0.25, -0.2) is 4.79 Å². The van der Waals surface area contributed by atoms with Gasteiger partial charge in [0.05, 0.1) is 11.6 Å². The first-order chi connectivity index (χ1) is 8.52. The van der Waals surface area contributed by atoms with E-state index in [1.54, 1.807) is 12.1 Å². The number of amides is 1. The molecule has 1 aromatic rings. The Morgan fingerprint density at radius 1 is 1.44 bits per heavy atom. The second kappa shape index (κ2) is 6.61. The van der Waals surface area contributed by atoms with E-state index in [1.165, 1.54) is 12.1 Å². The van der Waals surface area contributed by atoms with Gasteiger partial charge in [0.2, 0.25) is 0 Å². The summed E-state index contributed by atoms with van der Waals surface area (Å²) in [5.74, 6) is -1.19. The number of ether oxygens (including phenoxy) is 1. The minimum absolute atomic E-state index is 0.125. The van der Waals surface area contributed by atoms with Gasteiger partial charge in [-0.1, -0.05) is 15.9 Å². The molecular formula is C11H10BrN3O3. The average Bonchev–Trinajstić information content (AvgIpc) is 2.32. The van der Waals surface area contributed by atoms with Crippen LogP contribution in [0, 0.1) is 11.3 Å². The largest absolute Gasteiger partial charge is 0.452 e. The van der Waals surface area contributed by atoms with Crippen LogP contribution >= 0.6 is 15.9 Å². The Morgan fingerprint density at radius 3 is 2.78 bits per heavy atom. The summed E-state index contributed by atoms with van der Waals surface area (Å²) < 4.78 is 5.40. The normalized spacial score (nSPS) is 9.33. The van der Waals surface area contributed by atoms with Crippen LogP contribution in [0.2, 0.25) is 0 Å². The molecule has 0 spiro atoms. The number of carbonyl (C=O) groups is 2. The molecule has 0 aliphatic rings. The van der Waals surface area contributed by atoms with Crippen molar-refractivity contribution >= 4 is 33.5 Å². The Kier molecular flexibility index (Phi) is 5.14. The van der Waals surface area contributed by atoms with Crippen molar-refractivity contribution in [2.45, 2.75) is 0 Å². The van der Waals surface area contributed by atoms with Crippen molar-refractivity contribution in [3.63, 3.8) is 0 Å². The number of anilines is 1. The third-order valence-corrected chi connectivity index (χ3v) is 2.31. The molecule has 0 heterocycles. The lowest BCUT2D eigenvalue weighted by molar-refractivity contribution is -0.123. The second-order valence-corrected chi connectivity index (χ2v) is 4.20. The number of nitrogen functional groups attached to an aromatic ring is 1. The molecular weight excluding hydrogens is 302 g/mol. The zero-order valence-corrected chi connectivity index (χ0v) is 10.9. The van der Waals surface area contributed by atoms with Crippen molar-refractivity contribution in [1.29, 1.82) is 5.26 Å². The van der Waals surface area contributed by atoms with Crippen LogP contribution in [0.4, 0.5) is 5.69 Å². The Morgan fingerprint density at radius 2 is 2.17 bits per heavy atom. The van der Waals surface area contributed by atoms with E-state index in [0.29, 0.717) is 10.2 Å². The summed E-state index contributed by atoms with van der Waals surface area (Å²) in [4.78, 5) is 22.7. The summed E-state index contributed by atoms with van der Waals surface area (Å²) in [6.45, 7) is -0.562. The van der Waals surface area contributed by atoms with Crippen molar-refractivity contribution < 1.29 is 14.3 Å². The van der Waals surface area contributed by atoms with Crippen LogP contribution < -0.4 is 11.1 Å². The monoisotopic (exact) mass is 311 g/mol. The number of benzene rings is 1. The quantitative estimate of drug-likeness (QED) is 0.487. The van der Waals surface area contributed by atoms with Crippen molar-refractivity contribution in [2.75, 3.05) is 18.9 Å². The highest BCUT2D eigenvalue weighted by Gasteiger charge is 2.11. The number of carbonyl (C=O) groups excluding carboxylic acids is 2. The van der Waals surface area contributed by atoms with Crippen molar-refractivity contribution in [3.8, 4) is 6.07 Å². The smallest absolute Gasteiger partial charge is 0.338 e. The van der Waals surface area contributed by atoms with Gasteiger partial charge in [0.15, 0.2) is 6.61 Å². The second-order valence-electron chi connectivity index (χ2n) is 3.28. The van der Waals surface area contributed by atoms with Gasteiger partial charge in [-0.3, -0.25) is 4.79 Å². The highest BCUT2D eigenvalue weighted by Crippen LogP contribution is 2.17. The van der Waals surface area contributed by atoms with Crippen LogP contribution in [0.1, 0.15) is 10.4 Å². The summed E-state index contributed by atoms with van der Waals surface area (Å²) in [5, 5.41) is 10.5. The number of hydrogen-bond acceptors (Lipinski definition) is 5. The number of rotatable bonds is 4. The molecule has 18 heavy (non-hydrogen) atoms. The Labute approximate surface area is 112 Å². The third kappa shape index (κ3) is 4.43. The molecule has 0 bridgehead atoms. The molecule has 94 valence electrons. The van der Waals surface area contributed by atoms with E-state index in [2.05, 4.69) is 21.2 Å². The van der Waals surface area contributed by atoms with E-state index < -0.39 is 18.5 Å². The molecule has 0 saturated heterocycles. The lowest BCUT2D eigenvalue weighted by atomic mass is 10.2. The summed E-state index contributed by atoms with van der Waals surface area (Å²) in [6, 6.07) is 6.35. The van der Waals surface area contributed by atoms with Crippen LogP contribution in [0.3, 0.4) is 0 Å². The van der Waals surface area contributed by atoms with E-state index in [1.807, 2.05) is 0 Å². The van der Waals surface area contributed by atoms with E-state index in [0.717, 1.165) is 0 Å². The van der Waals surface area contributed by atoms with Crippen LogP contribution in [-0.4, -0.2) is 25.0 Å². The molecule has 0 aliphatic heterocycles. The van der Waals surface area contributed by atoms with Gasteiger partial charge in [0.1, 0.15) is 6.54 Å². The first-order valence-electron chi connectivity index (χ1n) is 4.90. The van der Waals surface area contributed by atoms with Crippen LogP contribution in [-0.2, 0) is 9.53 Å². The van der Waals surface area contributed by atoms with Gasteiger partial charge < -0.3 is 15.8 Å². The number of nitrogens with one attached hydrogen (secondary N) is 1. The summed E-state index contributed by atoms with van der Waals surface area (Å²) in [7, 11) is 0. The third-order valence-electron chi connectivity index (χ3n) is 1.85. The molecule has 0 radical (unpaired) electrons. The highest BCUT2D eigenvalue weighted by molar-refractivity contribution is 9.10. The van der Waals surface area contributed by atoms with Crippen molar-refractivity contribution in [3.05, 3.63) is 28.2 Å². The number of nitrogens with two attached hydrogens (primary N) is 1. The maximum absolute atomic E-state index is 11.6. The molecule has 6 nitrogen and oxygen atoms in total. The van der Waals surface area contributed by atoms with Gasteiger partial charge in [0.25, 0.3) is 5.91 Å². The van der Waals surface area contributed by atoms with Gasteiger partial charge in [-0.05, 0) is 18.2 Å². The average molecular weight is 312 g/mol. The van der Waals surface area contributed by atoms with E-state index in [4.69, 9.17) is 15.7 Å². The molecule has 0 fully saturated rings. The predicted molar refractivity (Wildman–Crippen MR) is 67.5 cm³/mol. The molecule has 0 aromatic heterocycles. The Hall–Kier alpha value is -2.07. The zero-order valence-electron chi connectivity index (χ0n) is 9.27. The first-order valence-corrected chi connectivity index (χ1v) is 5.69. The number of nitrogens with zero attached hydrogens (tertiary/aromatic N) is 1. The molecule has 1 aromatic carbocycles. The van der Waals surface area contributed by atoms with E-state index in [9.17, 15) is 9.59 Å². The molecule has 0 aliphatic carbocycles. The van der Waals surface area contributed by atoms with Gasteiger partial charge in [0, 0.05) is 10.2 Å². The van der Waals surface area contributed by atoms with Crippen LogP contribution in [0.25, 0.3) is 0 Å². The maximum atomic E-state index is 11.6. The topological polar surface area (TPSA) is 105 Å². The molecule has 1 rings (SSSR count). The first kappa shape index (κ1) is 14.0. The molecule has 3 N–H and O–H groups in total. The Balaban J connectivity index is 2.55. The van der Waals surface area contributed by atoms with Gasteiger partial charge in [-0.2, -0.15) is 5.26 Å². The summed E-state index contributed by atoms with van der Waals surface area (Å²) >= 11 is 3.19. The standard InChI is InChI=1S/C11H10BrN3O3/c12-8-3-7(4-9(14)5-8)11(17)18-6-10(16)15-2-1-13/h3-5H,2,6,14H2,(H,15,16). The minimum Gasteiger partial charge on any atom is -0.452 e. The van der Waals surface area contributed by atoms with Gasteiger partial charge in [-0.15, -0.1) is 0 Å². The predicted octanol–water partition coefficient (Wildman–Crippen LogP) is 0.828. The van der Waals surface area contributed by atoms with E-state index >= 15 is 0 Å². The molecule has 0 saturated carbocycles. The van der Waals surface area contributed by atoms with E-state index in [-0.39, 0.29) is 12.1 Å². The number of esters is 1. The van der Waals surface area contributed by atoms with Crippen molar-refractivity contribution in [1.82, 2.24) is 5.32 Å². The van der Waals surface area contributed by atoms with Crippen molar-refractivity contribution in [2.24, 2.45) is 0 Å². The lowest BCUT2D eigenvalue weighted by Crippen LogP contribution is -2.29. The number of nitriles is 1. The summed E-state index contributed by atoms with van der Waals surface area (Å²) in [6.07, 6.45) is 0. The molecule has 0 atom stereocenters. The highest BCUT2D eigenvalue weighted by atomic mass is 79.9. The Bertz CT molecular complexity index is 490. The maximum Gasteiger partial charge on any atom is 0.338 e. The van der Waals surface area contributed by atoms with Crippen LogP contribution in [0.15, 0.2) is 22.7 Å². The zero-order chi connectivity index (χ0) is 13.5. The SMILES string of the molecule is N#CCNC(=O)COC(=O)c1cc(N)cc(Br)c1. The molecule has 1 amide bonds. The molecule has 0 unspecified atom stereocenters. The lowest BCUT2D eigenvalue weighted by Gasteiger charge is -2.05. The number of halogens is 1. The minimum atomic E-state index is -0.657. The van der Waals surface area contributed by atoms with Gasteiger partial charge >= 0.3 is 5.97 Å².